The van der Waals surface area contributed by atoms with E-state index in [-0.39, 0.29) is 0 Å². The van der Waals surface area contributed by atoms with Crippen LogP contribution in [-0.4, -0.2) is 42.0 Å². The molecule has 0 spiro atoms. The van der Waals surface area contributed by atoms with Gasteiger partial charge in [-0.2, -0.15) is 0 Å². The summed E-state index contributed by atoms with van der Waals surface area (Å²) in [5.74, 6) is -4.09. The summed E-state index contributed by atoms with van der Waals surface area (Å²) in [6, 6.07) is -3.41. The average Bonchev–Trinajstić information content (AvgIpc) is 2.27. The third-order valence-electron chi connectivity index (χ3n) is 1.85. The van der Waals surface area contributed by atoms with Gasteiger partial charge in [0.15, 0.2) is 0 Å². The van der Waals surface area contributed by atoms with Gasteiger partial charge in [0.1, 0.15) is 18.1 Å². The first kappa shape index (κ1) is 17.2. The fourth-order valence-electron chi connectivity index (χ4n) is 0.777. The van der Waals surface area contributed by atoms with Crippen LogP contribution in [0.4, 0.5) is 0 Å². The summed E-state index contributed by atoms with van der Waals surface area (Å²) in [6.07, 6.45) is -0.622. The van der Waals surface area contributed by atoms with Crippen LogP contribution in [-0.2, 0) is 28.7 Å². The van der Waals surface area contributed by atoms with Gasteiger partial charge in [0, 0.05) is 0 Å². The van der Waals surface area contributed by atoms with E-state index in [1.807, 2.05) is 0 Å². The minimum Gasteiger partial charge on any atom is -0.392 e. The first-order valence-corrected chi connectivity index (χ1v) is 5.42. The normalized spacial score (nSPS) is 15.0. The highest BCUT2D eigenvalue weighted by Gasteiger charge is 2.25. The Balaban J connectivity index is 4.26. The van der Waals surface area contributed by atoms with E-state index in [4.69, 9.17) is 17.2 Å². The standard InChI is InChI=1S/C10H17N3O6/c1-4(11)8(15)18-7(14)3-6(13)10(17)19-9(16)5(2)12/h4-6H,3,11-13H2,1-2H3/t4-,5-,6-/m0/s1. The van der Waals surface area contributed by atoms with Gasteiger partial charge in [-0.1, -0.05) is 0 Å². The highest BCUT2D eigenvalue weighted by Crippen LogP contribution is 1.98. The maximum Gasteiger partial charge on any atom is 0.331 e. The van der Waals surface area contributed by atoms with E-state index in [0.29, 0.717) is 0 Å². The molecule has 0 rings (SSSR count). The number of carbonyl (C=O) groups is 4. The molecule has 9 nitrogen and oxygen atoms in total. The molecule has 0 aliphatic heterocycles. The molecule has 3 atom stereocenters. The average molecular weight is 275 g/mol. The second kappa shape index (κ2) is 7.56. The van der Waals surface area contributed by atoms with Crippen LogP contribution in [0.5, 0.6) is 0 Å². The van der Waals surface area contributed by atoms with Gasteiger partial charge in [-0.05, 0) is 13.8 Å². The predicted octanol–water partition coefficient (Wildman–Crippen LogP) is -2.46. The quantitative estimate of drug-likeness (QED) is 0.364. The first-order chi connectivity index (χ1) is 8.65. The lowest BCUT2D eigenvalue weighted by Crippen LogP contribution is -2.40. The molecule has 0 aromatic carbocycles. The van der Waals surface area contributed by atoms with Gasteiger partial charge in [-0.3, -0.25) is 4.79 Å². The highest BCUT2D eigenvalue weighted by molar-refractivity contribution is 5.94. The molecule has 0 radical (unpaired) electrons. The van der Waals surface area contributed by atoms with E-state index in [1.165, 1.54) is 13.8 Å². The van der Waals surface area contributed by atoms with Crippen LogP contribution in [0.15, 0.2) is 0 Å². The van der Waals surface area contributed by atoms with Gasteiger partial charge in [-0.25, -0.2) is 14.4 Å². The summed E-state index contributed by atoms with van der Waals surface area (Å²) in [7, 11) is 0. The van der Waals surface area contributed by atoms with Crippen molar-refractivity contribution in [3.63, 3.8) is 0 Å². The molecule has 0 fully saturated rings. The van der Waals surface area contributed by atoms with Crippen molar-refractivity contribution in [3.05, 3.63) is 0 Å². The van der Waals surface area contributed by atoms with Gasteiger partial charge in [0.25, 0.3) is 0 Å². The van der Waals surface area contributed by atoms with Crippen molar-refractivity contribution in [1.29, 1.82) is 0 Å². The maximum absolute atomic E-state index is 11.3. The number of rotatable bonds is 5. The Hall–Kier alpha value is -1.84. The smallest absolute Gasteiger partial charge is 0.331 e. The van der Waals surface area contributed by atoms with E-state index in [0.717, 1.165) is 0 Å². The molecule has 9 heteroatoms. The predicted molar refractivity (Wildman–Crippen MR) is 62.1 cm³/mol. The van der Waals surface area contributed by atoms with Crippen LogP contribution in [0.1, 0.15) is 20.3 Å². The van der Waals surface area contributed by atoms with Gasteiger partial charge in [-0.15, -0.1) is 0 Å². The molecule has 19 heavy (non-hydrogen) atoms. The summed E-state index contributed by atoms with van der Waals surface area (Å²) < 4.78 is 8.57. The number of esters is 4. The Kier molecular flexibility index (Phi) is 6.83. The van der Waals surface area contributed by atoms with Gasteiger partial charge in [0.2, 0.25) is 0 Å². The lowest BCUT2D eigenvalue weighted by atomic mass is 10.2. The number of hydrogen-bond acceptors (Lipinski definition) is 9. The molecular weight excluding hydrogens is 258 g/mol. The van der Waals surface area contributed by atoms with E-state index < -0.39 is 48.4 Å². The van der Waals surface area contributed by atoms with Crippen molar-refractivity contribution in [2.24, 2.45) is 17.2 Å². The van der Waals surface area contributed by atoms with Crippen molar-refractivity contribution < 1.29 is 28.7 Å². The molecule has 0 aromatic rings. The van der Waals surface area contributed by atoms with Crippen molar-refractivity contribution in [1.82, 2.24) is 0 Å². The van der Waals surface area contributed by atoms with Crippen LogP contribution >= 0.6 is 0 Å². The molecule has 0 saturated heterocycles. The fourth-order valence-corrected chi connectivity index (χ4v) is 0.777. The molecule has 0 unspecified atom stereocenters. The molecule has 108 valence electrons. The van der Waals surface area contributed by atoms with E-state index in [1.54, 1.807) is 0 Å². The zero-order valence-electron chi connectivity index (χ0n) is 10.6. The number of ether oxygens (including phenoxy) is 2. The largest absolute Gasteiger partial charge is 0.392 e. The van der Waals surface area contributed by atoms with E-state index >= 15 is 0 Å². The Morgan fingerprint density at radius 3 is 1.68 bits per heavy atom. The second-order valence-corrected chi connectivity index (χ2v) is 3.92. The first-order valence-electron chi connectivity index (χ1n) is 5.42. The fraction of sp³-hybridized carbons (Fsp3) is 0.600. The summed E-state index contributed by atoms with van der Waals surface area (Å²) in [6.45, 7) is 2.64. The van der Waals surface area contributed by atoms with Crippen LogP contribution in [0.3, 0.4) is 0 Å². The number of hydrogen-bond donors (Lipinski definition) is 3. The van der Waals surface area contributed by atoms with Crippen molar-refractivity contribution >= 4 is 23.9 Å². The molecule has 0 aliphatic rings. The van der Waals surface area contributed by atoms with Crippen molar-refractivity contribution in [2.45, 2.75) is 38.4 Å². The molecule has 0 amide bonds. The Bertz CT molecular complexity index is 379. The summed E-state index contributed by atoms with van der Waals surface area (Å²) >= 11 is 0. The van der Waals surface area contributed by atoms with E-state index in [9.17, 15) is 19.2 Å². The lowest BCUT2D eigenvalue weighted by molar-refractivity contribution is -0.166. The molecule has 0 aromatic heterocycles. The lowest BCUT2D eigenvalue weighted by Gasteiger charge is -2.11. The van der Waals surface area contributed by atoms with Crippen molar-refractivity contribution in [3.8, 4) is 0 Å². The summed E-state index contributed by atoms with van der Waals surface area (Å²) in [4.78, 5) is 44.4. The highest BCUT2D eigenvalue weighted by atomic mass is 16.6. The SMILES string of the molecule is C[C@H](N)C(=O)OC(=O)C[C@H](N)C(=O)OC(=O)[C@H](C)N. The van der Waals surface area contributed by atoms with Gasteiger partial charge in [0.05, 0.1) is 6.42 Å². The third kappa shape index (κ3) is 6.60. The third-order valence-corrected chi connectivity index (χ3v) is 1.85. The van der Waals surface area contributed by atoms with Gasteiger partial charge < -0.3 is 26.7 Å². The topological polar surface area (TPSA) is 165 Å². The van der Waals surface area contributed by atoms with E-state index in [2.05, 4.69) is 9.47 Å². The Morgan fingerprint density at radius 1 is 0.842 bits per heavy atom. The number of nitrogens with two attached hydrogens (primary N) is 3. The minimum atomic E-state index is -1.43. The Labute approximate surface area is 109 Å². The monoisotopic (exact) mass is 275 g/mol. The Morgan fingerprint density at radius 2 is 1.26 bits per heavy atom. The second-order valence-electron chi connectivity index (χ2n) is 3.92. The molecule has 0 aliphatic carbocycles. The molecule has 6 N–H and O–H groups in total. The molecule has 0 heterocycles. The van der Waals surface area contributed by atoms with Crippen molar-refractivity contribution in [2.75, 3.05) is 0 Å². The summed E-state index contributed by atoms with van der Waals surface area (Å²) in [5.41, 5.74) is 15.6. The van der Waals surface area contributed by atoms with Crippen LogP contribution in [0.25, 0.3) is 0 Å². The molecule has 0 saturated carbocycles. The summed E-state index contributed by atoms with van der Waals surface area (Å²) in [5, 5.41) is 0. The molecular formula is C10H17N3O6. The van der Waals surface area contributed by atoms with Gasteiger partial charge >= 0.3 is 23.9 Å². The minimum absolute atomic E-state index is 0.622. The van der Waals surface area contributed by atoms with Crippen LogP contribution < -0.4 is 17.2 Å². The van der Waals surface area contributed by atoms with Crippen LogP contribution in [0, 0.1) is 0 Å². The zero-order valence-corrected chi connectivity index (χ0v) is 10.6. The maximum atomic E-state index is 11.3. The zero-order chi connectivity index (χ0) is 15.2. The molecule has 0 bridgehead atoms. The number of carbonyl (C=O) groups excluding carboxylic acids is 4. The van der Waals surface area contributed by atoms with Crippen LogP contribution in [0.2, 0.25) is 0 Å².